The first-order valence-corrected chi connectivity index (χ1v) is 10.8. The standard InChI is InChI=1S/C25H20FN5O4/c26-17-9-11-18(12-10-17)31(23(32)16-30-21-7-2-1-6-20(21)28-29-30)24(22-8-4-14-35-22)25(33)27-15-19-5-3-13-34-19/h1-14,24H,15-16H2,(H,27,33)/t24-/m0/s1. The van der Waals surface area contributed by atoms with Crippen LogP contribution >= 0.6 is 0 Å². The molecule has 35 heavy (non-hydrogen) atoms. The number of hydrogen-bond acceptors (Lipinski definition) is 6. The molecular formula is C25H20FN5O4. The second-order valence-electron chi connectivity index (χ2n) is 7.69. The van der Waals surface area contributed by atoms with Crippen molar-refractivity contribution in [1.82, 2.24) is 20.3 Å². The number of carbonyl (C=O) groups is 2. The molecule has 0 fully saturated rings. The third kappa shape index (κ3) is 4.67. The molecule has 10 heteroatoms. The average Bonchev–Trinajstić information content (AvgIpc) is 3.65. The highest BCUT2D eigenvalue weighted by molar-refractivity contribution is 6.01. The van der Waals surface area contributed by atoms with Crippen LogP contribution in [0.5, 0.6) is 0 Å². The molecule has 2 aromatic carbocycles. The summed E-state index contributed by atoms with van der Waals surface area (Å²) >= 11 is 0. The fourth-order valence-electron chi connectivity index (χ4n) is 3.78. The van der Waals surface area contributed by atoms with E-state index in [2.05, 4.69) is 15.6 Å². The molecule has 0 unspecified atom stereocenters. The van der Waals surface area contributed by atoms with Crippen LogP contribution in [-0.4, -0.2) is 26.8 Å². The SMILES string of the molecule is O=C(NCc1ccco1)[C@H](c1ccco1)N(C(=O)Cn1nnc2ccccc21)c1ccc(F)cc1. The van der Waals surface area contributed by atoms with Crippen molar-refractivity contribution in [2.75, 3.05) is 4.90 Å². The van der Waals surface area contributed by atoms with E-state index >= 15 is 0 Å². The number of benzene rings is 2. The van der Waals surface area contributed by atoms with Crippen molar-refractivity contribution in [2.24, 2.45) is 0 Å². The summed E-state index contributed by atoms with van der Waals surface area (Å²) in [6.07, 6.45) is 2.92. The lowest BCUT2D eigenvalue weighted by Crippen LogP contribution is -2.45. The Bertz CT molecular complexity index is 1430. The van der Waals surface area contributed by atoms with Crippen LogP contribution in [0.2, 0.25) is 0 Å². The van der Waals surface area contributed by atoms with Gasteiger partial charge in [-0.15, -0.1) is 5.10 Å². The molecule has 5 aromatic rings. The van der Waals surface area contributed by atoms with Crippen molar-refractivity contribution in [3.05, 3.63) is 103 Å². The Morgan fingerprint density at radius 1 is 0.971 bits per heavy atom. The number of carbonyl (C=O) groups excluding carboxylic acids is 2. The van der Waals surface area contributed by atoms with Gasteiger partial charge in [-0.3, -0.25) is 14.5 Å². The van der Waals surface area contributed by atoms with E-state index in [-0.39, 0.29) is 18.8 Å². The third-order valence-electron chi connectivity index (χ3n) is 5.41. The van der Waals surface area contributed by atoms with Crippen molar-refractivity contribution in [3.8, 4) is 0 Å². The monoisotopic (exact) mass is 473 g/mol. The first-order valence-electron chi connectivity index (χ1n) is 10.8. The molecule has 0 spiro atoms. The summed E-state index contributed by atoms with van der Waals surface area (Å²) in [5.41, 5.74) is 1.61. The molecule has 1 atom stereocenters. The van der Waals surface area contributed by atoms with E-state index in [4.69, 9.17) is 8.83 Å². The van der Waals surface area contributed by atoms with Crippen molar-refractivity contribution in [3.63, 3.8) is 0 Å². The van der Waals surface area contributed by atoms with Crippen LogP contribution < -0.4 is 10.2 Å². The number of anilines is 1. The highest BCUT2D eigenvalue weighted by atomic mass is 19.1. The van der Waals surface area contributed by atoms with Gasteiger partial charge in [-0.1, -0.05) is 17.3 Å². The molecule has 0 aliphatic heterocycles. The maximum Gasteiger partial charge on any atom is 0.251 e. The van der Waals surface area contributed by atoms with Crippen molar-refractivity contribution in [1.29, 1.82) is 0 Å². The van der Waals surface area contributed by atoms with Crippen LogP contribution in [0.15, 0.2) is 94.2 Å². The zero-order valence-electron chi connectivity index (χ0n) is 18.4. The molecule has 3 aromatic heterocycles. The first kappa shape index (κ1) is 22.1. The molecule has 0 saturated carbocycles. The normalized spacial score (nSPS) is 11.9. The molecule has 0 aliphatic carbocycles. The third-order valence-corrected chi connectivity index (χ3v) is 5.41. The fraction of sp³-hybridized carbons (Fsp3) is 0.120. The molecule has 2 amide bonds. The predicted octanol–water partition coefficient (Wildman–Crippen LogP) is 3.85. The molecular weight excluding hydrogens is 453 g/mol. The van der Waals surface area contributed by atoms with Gasteiger partial charge >= 0.3 is 0 Å². The summed E-state index contributed by atoms with van der Waals surface area (Å²) in [5.74, 6) is -0.659. The fourth-order valence-corrected chi connectivity index (χ4v) is 3.78. The summed E-state index contributed by atoms with van der Waals surface area (Å²) in [6.45, 7) is -0.0945. The van der Waals surface area contributed by atoms with Gasteiger partial charge in [0, 0.05) is 5.69 Å². The van der Waals surface area contributed by atoms with Crippen LogP contribution in [0.4, 0.5) is 10.1 Å². The Balaban J connectivity index is 1.51. The topological polar surface area (TPSA) is 106 Å². The molecule has 0 aliphatic rings. The zero-order chi connectivity index (χ0) is 24.2. The summed E-state index contributed by atoms with van der Waals surface area (Å²) in [7, 11) is 0. The number of para-hydroxylation sites is 1. The lowest BCUT2D eigenvalue weighted by atomic mass is 10.1. The van der Waals surface area contributed by atoms with Crippen molar-refractivity contribution < 1.29 is 22.8 Å². The van der Waals surface area contributed by atoms with Crippen LogP contribution in [0.3, 0.4) is 0 Å². The van der Waals surface area contributed by atoms with Gasteiger partial charge < -0.3 is 14.2 Å². The molecule has 3 heterocycles. The second kappa shape index (κ2) is 9.64. The minimum absolute atomic E-state index is 0.113. The summed E-state index contributed by atoms with van der Waals surface area (Å²) < 4.78 is 26.0. The lowest BCUT2D eigenvalue weighted by Gasteiger charge is -2.30. The van der Waals surface area contributed by atoms with Crippen LogP contribution in [0, 0.1) is 5.82 Å². The smallest absolute Gasteiger partial charge is 0.251 e. The van der Waals surface area contributed by atoms with E-state index in [0.29, 0.717) is 22.5 Å². The Hall–Kier alpha value is -4.73. The van der Waals surface area contributed by atoms with Gasteiger partial charge in [0.25, 0.3) is 5.91 Å². The number of hydrogen-bond donors (Lipinski definition) is 1. The maximum absolute atomic E-state index is 13.7. The van der Waals surface area contributed by atoms with Crippen LogP contribution in [0.25, 0.3) is 11.0 Å². The first-order chi connectivity index (χ1) is 17.1. The number of nitrogens with one attached hydrogen (secondary N) is 1. The van der Waals surface area contributed by atoms with Gasteiger partial charge in [0.15, 0.2) is 6.04 Å². The molecule has 0 radical (unpaired) electrons. The quantitative estimate of drug-likeness (QED) is 0.367. The van der Waals surface area contributed by atoms with Gasteiger partial charge in [-0.05, 0) is 60.7 Å². The highest BCUT2D eigenvalue weighted by Gasteiger charge is 2.35. The van der Waals surface area contributed by atoms with E-state index in [1.807, 2.05) is 12.1 Å². The summed E-state index contributed by atoms with van der Waals surface area (Å²) in [6, 6.07) is 18.0. The summed E-state index contributed by atoms with van der Waals surface area (Å²) in [4.78, 5) is 28.4. The average molecular weight is 473 g/mol. The largest absolute Gasteiger partial charge is 0.467 e. The van der Waals surface area contributed by atoms with Crippen molar-refractivity contribution in [2.45, 2.75) is 19.1 Å². The Morgan fingerprint density at radius 2 is 1.74 bits per heavy atom. The molecule has 176 valence electrons. The Kier molecular flexibility index (Phi) is 6.08. The van der Waals surface area contributed by atoms with Gasteiger partial charge in [0.1, 0.15) is 29.4 Å². The van der Waals surface area contributed by atoms with Gasteiger partial charge in [0.2, 0.25) is 5.91 Å². The maximum atomic E-state index is 13.7. The number of aromatic nitrogens is 3. The van der Waals surface area contributed by atoms with Gasteiger partial charge in [0.05, 0.1) is 24.6 Å². The highest BCUT2D eigenvalue weighted by Crippen LogP contribution is 2.29. The van der Waals surface area contributed by atoms with Crippen molar-refractivity contribution >= 4 is 28.5 Å². The summed E-state index contributed by atoms with van der Waals surface area (Å²) in [5, 5.41) is 11.0. The van der Waals surface area contributed by atoms with Gasteiger partial charge in [-0.25, -0.2) is 9.07 Å². The van der Waals surface area contributed by atoms with E-state index in [1.54, 1.807) is 36.4 Å². The molecule has 1 N–H and O–H groups in total. The Morgan fingerprint density at radius 3 is 2.49 bits per heavy atom. The minimum atomic E-state index is -1.17. The minimum Gasteiger partial charge on any atom is -0.467 e. The number of halogens is 1. The predicted molar refractivity (Wildman–Crippen MR) is 123 cm³/mol. The van der Waals surface area contributed by atoms with Crippen LogP contribution in [-0.2, 0) is 22.7 Å². The van der Waals surface area contributed by atoms with E-state index in [0.717, 1.165) is 0 Å². The molecule has 0 saturated heterocycles. The van der Waals surface area contributed by atoms with E-state index < -0.39 is 23.7 Å². The van der Waals surface area contributed by atoms with E-state index in [1.165, 1.54) is 46.4 Å². The number of rotatable bonds is 8. The number of nitrogens with zero attached hydrogens (tertiary/aromatic N) is 4. The second-order valence-corrected chi connectivity index (χ2v) is 7.69. The molecule has 0 bridgehead atoms. The number of furan rings is 2. The number of fused-ring (bicyclic) bond motifs is 1. The zero-order valence-corrected chi connectivity index (χ0v) is 18.4. The van der Waals surface area contributed by atoms with Crippen LogP contribution in [0.1, 0.15) is 17.6 Å². The van der Waals surface area contributed by atoms with Gasteiger partial charge in [-0.2, -0.15) is 0 Å². The molecule has 5 rings (SSSR count). The number of amides is 2. The molecule has 9 nitrogen and oxygen atoms in total. The lowest BCUT2D eigenvalue weighted by molar-refractivity contribution is -0.127. The Labute approximate surface area is 198 Å². The van der Waals surface area contributed by atoms with E-state index in [9.17, 15) is 14.0 Å².